The zero-order valence-electron chi connectivity index (χ0n) is 14.5. The molecule has 0 spiro atoms. The molecule has 0 fully saturated rings. The van der Waals surface area contributed by atoms with E-state index in [0.29, 0.717) is 28.3 Å². The highest BCUT2D eigenvalue weighted by Crippen LogP contribution is 2.21. The topological polar surface area (TPSA) is 67.4 Å². The van der Waals surface area contributed by atoms with Crippen LogP contribution in [0.15, 0.2) is 72.8 Å². The van der Waals surface area contributed by atoms with Gasteiger partial charge in [-0.1, -0.05) is 24.3 Å². The number of halogens is 1. The quantitative estimate of drug-likeness (QED) is 0.525. The lowest BCUT2D eigenvalue weighted by Crippen LogP contribution is -2.18. The summed E-state index contributed by atoms with van der Waals surface area (Å²) < 4.78 is 5.95. The van der Waals surface area contributed by atoms with E-state index in [2.05, 4.69) is 33.2 Å². The normalized spacial score (nSPS) is 10.1. The summed E-state index contributed by atoms with van der Waals surface area (Å²) in [5.74, 6) is 0.140. The largest absolute Gasteiger partial charge is 0.497 e. The molecule has 5 nitrogen and oxygen atoms in total. The third kappa shape index (κ3) is 4.65. The minimum absolute atomic E-state index is 0.260. The summed E-state index contributed by atoms with van der Waals surface area (Å²) in [5.41, 5.74) is 2.03. The van der Waals surface area contributed by atoms with Crippen LogP contribution < -0.4 is 15.4 Å². The number of methoxy groups -OCH3 is 1. The fourth-order valence-corrected chi connectivity index (χ4v) is 3.13. The third-order valence-electron chi connectivity index (χ3n) is 3.89. The van der Waals surface area contributed by atoms with Gasteiger partial charge in [-0.2, -0.15) is 0 Å². The van der Waals surface area contributed by atoms with Crippen LogP contribution in [0.2, 0.25) is 0 Å². The maximum atomic E-state index is 12.7. The Morgan fingerprint density at radius 3 is 2.04 bits per heavy atom. The fourth-order valence-electron chi connectivity index (χ4n) is 2.50. The summed E-state index contributed by atoms with van der Waals surface area (Å²) >= 11 is 2.11. The highest BCUT2D eigenvalue weighted by molar-refractivity contribution is 14.1. The summed E-state index contributed by atoms with van der Waals surface area (Å²) in [6.45, 7) is 0. The molecule has 136 valence electrons. The van der Waals surface area contributed by atoms with E-state index in [0.717, 1.165) is 3.57 Å². The molecular formula is C21H17IN2O3. The van der Waals surface area contributed by atoms with Gasteiger partial charge in [-0.25, -0.2) is 0 Å². The zero-order chi connectivity index (χ0) is 19.2. The number of carbonyl (C=O) groups is 2. The second-order valence-electron chi connectivity index (χ2n) is 5.66. The average Bonchev–Trinajstić information content (AvgIpc) is 2.69. The van der Waals surface area contributed by atoms with Gasteiger partial charge in [0.15, 0.2) is 0 Å². The Hall–Kier alpha value is -2.87. The van der Waals surface area contributed by atoms with Gasteiger partial charge in [0.2, 0.25) is 0 Å². The van der Waals surface area contributed by atoms with E-state index in [-0.39, 0.29) is 11.8 Å². The van der Waals surface area contributed by atoms with Crippen molar-refractivity contribution in [1.29, 1.82) is 0 Å². The van der Waals surface area contributed by atoms with E-state index in [1.165, 1.54) is 0 Å². The molecule has 2 amide bonds. The van der Waals surface area contributed by atoms with Crippen molar-refractivity contribution in [2.24, 2.45) is 0 Å². The predicted molar refractivity (Wildman–Crippen MR) is 115 cm³/mol. The van der Waals surface area contributed by atoms with Crippen LogP contribution in [-0.2, 0) is 0 Å². The Morgan fingerprint density at radius 1 is 0.778 bits per heavy atom. The van der Waals surface area contributed by atoms with Gasteiger partial charge >= 0.3 is 0 Å². The number of carbonyl (C=O) groups excluding carboxylic acids is 2. The number of hydrogen-bond donors (Lipinski definition) is 2. The zero-order valence-corrected chi connectivity index (χ0v) is 16.7. The molecule has 0 atom stereocenters. The number of para-hydroxylation sites is 1. The molecule has 0 saturated carbocycles. The molecule has 3 rings (SSSR count). The summed E-state index contributed by atoms with van der Waals surface area (Å²) in [7, 11) is 1.58. The number of benzene rings is 3. The summed E-state index contributed by atoms with van der Waals surface area (Å²) in [6.07, 6.45) is 0. The van der Waals surface area contributed by atoms with Gasteiger partial charge in [-0.3, -0.25) is 9.59 Å². The van der Waals surface area contributed by atoms with Gasteiger partial charge in [0.1, 0.15) is 5.75 Å². The Morgan fingerprint density at radius 2 is 1.37 bits per heavy atom. The number of amides is 2. The van der Waals surface area contributed by atoms with E-state index in [9.17, 15) is 9.59 Å². The van der Waals surface area contributed by atoms with Crippen LogP contribution in [0.5, 0.6) is 5.75 Å². The number of hydrogen-bond acceptors (Lipinski definition) is 3. The second kappa shape index (κ2) is 8.68. The Labute approximate surface area is 170 Å². The standard InChI is InChI=1S/C21H17IN2O3/c1-27-15-12-10-14(11-13-15)23-21(26)17-7-3-5-9-19(17)24-20(25)16-6-2-4-8-18(16)22/h2-13H,1H3,(H,23,26)(H,24,25). The lowest BCUT2D eigenvalue weighted by molar-refractivity contribution is 0.102. The van der Waals surface area contributed by atoms with Gasteiger partial charge < -0.3 is 15.4 Å². The minimum Gasteiger partial charge on any atom is -0.497 e. The smallest absolute Gasteiger partial charge is 0.257 e. The maximum absolute atomic E-state index is 12.7. The van der Waals surface area contributed by atoms with Crippen LogP contribution in [0.3, 0.4) is 0 Å². The first-order chi connectivity index (χ1) is 13.1. The molecule has 0 aliphatic carbocycles. The summed E-state index contributed by atoms with van der Waals surface area (Å²) in [4.78, 5) is 25.3. The van der Waals surface area contributed by atoms with Gasteiger partial charge in [-0.05, 0) is 71.1 Å². The molecule has 0 radical (unpaired) electrons. The summed E-state index contributed by atoms with van der Waals surface area (Å²) in [6, 6.07) is 21.2. The van der Waals surface area contributed by atoms with Crippen molar-refractivity contribution in [3.05, 3.63) is 87.5 Å². The van der Waals surface area contributed by atoms with Crippen LogP contribution in [-0.4, -0.2) is 18.9 Å². The van der Waals surface area contributed by atoms with Crippen LogP contribution in [0.25, 0.3) is 0 Å². The molecule has 27 heavy (non-hydrogen) atoms. The van der Waals surface area contributed by atoms with E-state index in [1.54, 1.807) is 67.8 Å². The molecular weight excluding hydrogens is 455 g/mol. The van der Waals surface area contributed by atoms with Crippen molar-refractivity contribution in [3.8, 4) is 5.75 Å². The lowest BCUT2D eigenvalue weighted by atomic mass is 10.1. The number of ether oxygens (including phenoxy) is 1. The third-order valence-corrected chi connectivity index (χ3v) is 4.83. The van der Waals surface area contributed by atoms with Crippen LogP contribution in [0.1, 0.15) is 20.7 Å². The van der Waals surface area contributed by atoms with Gasteiger partial charge in [0, 0.05) is 9.26 Å². The minimum atomic E-state index is -0.307. The van der Waals surface area contributed by atoms with Crippen molar-refractivity contribution in [3.63, 3.8) is 0 Å². The first-order valence-corrected chi connectivity index (χ1v) is 9.26. The van der Waals surface area contributed by atoms with E-state index >= 15 is 0 Å². The van der Waals surface area contributed by atoms with Crippen molar-refractivity contribution < 1.29 is 14.3 Å². The molecule has 0 bridgehead atoms. The van der Waals surface area contributed by atoms with Crippen molar-refractivity contribution in [2.45, 2.75) is 0 Å². The van der Waals surface area contributed by atoms with Crippen LogP contribution >= 0.6 is 22.6 Å². The lowest BCUT2D eigenvalue weighted by Gasteiger charge is -2.12. The SMILES string of the molecule is COc1ccc(NC(=O)c2ccccc2NC(=O)c2ccccc2I)cc1. The highest BCUT2D eigenvalue weighted by Gasteiger charge is 2.15. The molecule has 0 saturated heterocycles. The molecule has 0 aliphatic heterocycles. The van der Waals surface area contributed by atoms with E-state index in [4.69, 9.17) is 4.74 Å². The number of rotatable bonds is 5. The van der Waals surface area contributed by atoms with E-state index in [1.807, 2.05) is 12.1 Å². The van der Waals surface area contributed by atoms with Gasteiger partial charge in [0.25, 0.3) is 11.8 Å². The number of anilines is 2. The molecule has 0 heterocycles. The first kappa shape index (κ1) is 18.9. The Balaban J connectivity index is 1.79. The van der Waals surface area contributed by atoms with Crippen molar-refractivity contribution in [2.75, 3.05) is 17.7 Å². The van der Waals surface area contributed by atoms with Gasteiger partial charge in [0.05, 0.1) is 23.9 Å². The highest BCUT2D eigenvalue weighted by atomic mass is 127. The maximum Gasteiger partial charge on any atom is 0.257 e. The Bertz CT molecular complexity index is 971. The van der Waals surface area contributed by atoms with E-state index < -0.39 is 0 Å². The Kier molecular flexibility index (Phi) is 6.08. The van der Waals surface area contributed by atoms with Crippen LogP contribution in [0, 0.1) is 3.57 Å². The number of nitrogens with one attached hydrogen (secondary N) is 2. The van der Waals surface area contributed by atoms with Crippen molar-refractivity contribution >= 4 is 45.8 Å². The molecule has 2 N–H and O–H groups in total. The molecule has 0 aromatic heterocycles. The molecule has 0 aliphatic rings. The van der Waals surface area contributed by atoms with Crippen molar-refractivity contribution in [1.82, 2.24) is 0 Å². The molecule has 6 heteroatoms. The first-order valence-electron chi connectivity index (χ1n) is 8.19. The predicted octanol–water partition coefficient (Wildman–Crippen LogP) is 4.80. The monoisotopic (exact) mass is 472 g/mol. The van der Waals surface area contributed by atoms with Gasteiger partial charge in [-0.15, -0.1) is 0 Å². The second-order valence-corrected chi connectivity index (χ2v) is 6.82. The summed E-state index contributed by atoms with van der Waals surface area (Å²) in [5, 5.41) is 5.66. The molecule has 0 unspecified atom stereocenters. The fraction of sp³-hybridized carbons (Fsp3) is 0.0476. The van der Waals surface area contributed by atoms with Crippen LogP contribution in [0.4, 0.5) is 11.4 Å². The molecule has 3 aromatic carbocycles. The molecule has 3 aromatic rings. The average molecular weight is 472 g/mol.